The first-order valence-corrected chi connectivity index (χ1v) is 9.05. The van der Waals surface area contributed by atoms with E-state index in [-0.39, 0.29) is 11.4 Å². The molecule has 1 aromatic rings. The number of thioether (sulfide) groups is 1. The minimum Gasteiger partial charge on any atom is -0.369 e. The van der Waals surface area contributed by atoms with Gasteiger partial charge in [0.2, 0.25) is 0 Å². The van der Waals surface area contributed by atoms with E-state index in [0.29, 0.717) is 15.1 Å². The Morgan fingerprint density at radius 3 is 2.74 bits per heavy atom. The number of hydrogen-bond acceptors (Lipinski definition) is 4. The molecule has 1 amide bonds. The van der Waals surface area contributed by atoms with Crippen molar-refractivity contribution < 1.29 is 4.79 Å². The lowest BCUT2D eigenvalue weighted by atomic mass is 9.79. The maximum absolute atomic E-state index is 11.9. The monoisotopic (exact) mass is 346 g/mol. The highest BCUT2D eigenvalue weighted by Gasteiger charge is 2.34. The van der Waals surface area contributed by atoms with E-state index >= 15 is 0 Å². The van der Waals surface area contributed by atoms with Gasteiger partial charge in [0, 0.05) is 18.3 Å². The summed E-state index contributed by atoms with van der Waals surface area (Å²) in [7, 11) is 2.17. The van der Waals surface area contributed by atoms with Crippen molar-refractivity contribution in [3.05, 3.63) is 33.7 Å². The van der Waals surface area contributed by atoms with E-state index in [1.165, 1.54) is 28.6 Å². The number of amides is 1. The summed E-state index contributed by atoms with van der Waals surface area (Å²) in [5.74, 6) is 0.406. The van der Waals surface area contributed by atoms with Gasteiger partial charge >= 0.3 is 0 Å². The smallest absolute Gasteiger partial charge is 0.263 e. The number of hydrogen-bond donors (Lipinski definition) is 1. The third kappa shape index (κ3) is 2.92. The van der Waals surface area contributed by atoms with E-state index < -0.39 is 0 Å². The first-order chi connectivity index (χ1) is 10.7. The zero-order chi connectivity index (χ0) is 16.9. The van der Waals surface area contributed by atoms with Gasteiger partial charge in [0.15, 0.2) is 0 Å². The van der Waals surface area contributed by atoms with Gasteiger partial charge in [0.05, 0.1) is 4.91 Å². The summed E-state index contributed by atoms with van der Waals surface area (Å²) in [6.45, 7) is 8.96. The maximum Gasteiger partial charge on any atom is 0.263 e. The highest BCUT2D eigenvalue weighted by molar-refractivity contribution is 8.26. The molecule has 1 atom stereocenters. The van der Waals surface area contributed by atoms with Crippen molar-refractivity contribution in [2.75, 3.05) is 11.9 Å². The highest BCUT2D eigenvalue weighted by atomic mass is 32.2. The quantitative estimate of drug-likeness (QED) is 0.610. The van der Waals surface area contributed by atoms with Crippen molar-refractivity contribution >= 4 is 46.0 Å². The molecule has 122 valence electrons. The Hall–Kier alpha value is -1.33. The van der Waals surface area contributed by atoms with Crippen molar-refractivity contribution in [1.82, 2.24) is 5.32 Å². The molecule has 3 rings (SSSR count). The van der Waals surface area contributed by atoms with Crippen molar-refractivity contribution in [3.63, 3.8) is 0 Å². The zero-order valence-electron chi connectivity index (χ0n) is 14.2. The van der Waals surface area contributed by atoms with Gasteiger partial charge in [0.25, 0.3) is 5.91 Å². The van der Waals surface area contributed by atoms with E-state index in [1.54, 1.807) is 0 Å². The lowest BCUT2D eigenvalue weighted by molar-refractivity contribution is -0.115. The first kappa shape index (κ1) is 16.5. The molecule has 0 aromatic heterocycles. The molecule has 0 saturated carbocycles. The average molecular weight is 347 g/mol. The van der Waals surface area contributed by atoms with Crippen molar-refractivity contribution in [2.24, 2.45) is 0 Å². The molecule has 0 bridgehead atoms. The first-order valence-electron chi connectivity index (χ1n) is 7.82. The molecule has 0 unspecified atom stereocenters. The molecule has 3 nitrogen and oxygen atoms in total. The number of benzene rings is 1. The number of thiocarbonyl (C=S) groups is 1. The number of fused-ring (bicyclic) bond motifs is 1. The summed E-state index contributed by atoms with van der Waals surface area (Å²) < 4.78 is 0.534. The van der Waals surface area contributed by atoms with Crippen LogP contribution < -0.4 is 10.2 Å². The van der Waals surface area contributed by atoms with Gasteiger partial charge in [-0.25, -0.2) is 0 Å². The molecule has 2 heterocycles. The predicted molar refractivity (Wildman–Crippen MR) is 103 cm³/mol. The number of carbonyl (C=O) groups excluding carboxylic acids is 1. The molecule has 0 radical (unpaired) electrons. The van der Waals surface area contributed by atoms with Gasteiger partial charge in [-0.2, -0.15) is 0 Å². The second-order valence-corrected chi connectivity index (χ2v) is 8.82. The highest BCUT2D eigenvalue weighted by Crippen LogP contribution is 2.43. The number of nitrogens with zero attached hydrogens (tertiary/aromatic N) is 1. The summed E-state index contributed by atoms with van der Waals surface area (Å²) in [4.78, 5) is 14.9. The Bertz CT molecular complexity index is 737. The van der Waals surface area contributed by atoms with E-state index in [2.05, 4.69) is 57.1 Å². The molecule has 1 aromatic carbocycles. The molecule has 2 aliphatic heterocycles. The van der Waals surface area contributed by atoms with Crippen LogP contribution in [0.25, 0.3) is 6.08 Å². The topological polar surface area (TPSA) is 32.3 Å². The number of aryl methyl sites for hydroxylation is 1. The van der Waals surface area contributed by atoms with Crippen LogP contribution in [0, 0.1) is 6.92 Å². The van der Waals surface area contributed by atoms with Gasteiger partial charge in [-0.1, -0.05) is 30.9 Å². The summed E-state index contributed by atoms with van der Waals surface area (Å²) in [6.07, 6.45) is 3.08. The van der Waals surface area contributed by atoms with Crippen LogP contribution in [0.5, 0.6) is 0 Å². The number of anilines is 1. The minimum absolute atomic E-state index is 0.0941. The minimum atomic E-state index is -0.0941. The molecule has 1 fully saturated rings. The largest absolute Gasteiger partial charge is 0.369 e. The van der Waals surface area contributed by atoms with E-state index in [9.17, 15) is 4.79 Å². The van der Waals surface area contributed by atoms with Crippen LogP contribution in [0.3, 0.4) is 0 Å². The van der Waals surface area contributed by atoms with Gasteiger partial charge in [-0.05, 0) is 68.0 Å². The molecule has 5 heteroatoms. The van der Waals surface area contributed by atoms with Crippen LogP contribution in [-0.2, 0) is 4.79 Å². The Balaban J connectivity index is 2.06. The van der Waals surface area contributed by atoms with E-state index in [1.807, 2.05) is 6.08 Å². The summed E-state index contributed by atoms with van der Waals surface area (Å²) in [5, 5.41) is 2.67. The van der Waals surface area contributed by atoms with Crippen LogP contribution in [-0.4, -0.2) is 22.8 Å². The van der Waals surface area contributed by atoms with Crippen molar-refractivity contribution in [2.45, 2.75) is 45.6 Å². The lowest BCUT2D eigenvalue weighted by Gasteiger charge is -2.45. The number of carbonyl (C=O) groups is 1. The summed E-state index contributed by atoms with van der Waals surface area (Å²) in [6, 6.07) is 4.48. The molecule has 2 aliphatic rings. The second kappa shape index (κ2) is 5.64. The normalized spacial score (nSPS) is 24.8. The molecule has 0 aliphatic carbocycles. The third-order valence-corrected chi connectivity index (χ3v) is 6.11. The zero-order valence-corrected chi connectivity index (χ0v) is 15.8. The second-order valence-electron chi connectivity index (χ2n) is 7.10. The Morgan fingerprint density at radius 2 is 2.13 bits per heavy atom. The SMILES string of the molecule is Cc1cc2c(cc1/C=C1/SC(=S)NC1=O)[C@H](C)CC(C)(C)N2C. The third-order valence-electron chi connectivity index (χ3n) is 4.95. The van der Waals surface area contributed by atoms with E-state index in [4.69, 9.17) is 12.2 Å². The van der Waals surface area contributed by atoms with Gasteiger partial charge in [0.1, 0.15) is 4.32 Å². The molecule has 0 spiro atoms. The van der Waals surface area contributed by atoms with Gasteiger partial charge in [-0.3, -0.25) is 4.79 Å². The van der Waals surface area contributed by atoms with Gasteiger partial charge < -0.3 is 10.2 Å². The molecule has 1 N–H and O–H groups in total. The van der Waals surface area contributed by atoms with E-state index in [0.717, 1.165) is 12.0 Å². The van der Waals surface area contributed by atoms with Crippen LogP contribution in [0.2, 0.25) is 0 Å². The molecule has 1 saturated heterocycles. The van der Waals surface area contributed by atoms with Crippen LogP contribution in [0.1, 0.15) is 49.8 Å². The Labute approximate surface area is 147 Å². The number of nitrogens with one attached hydrogen (secondary N) is 1. The summed E-state index contributed by atoms with van der Waals surface area (Å²) in [5.41, 5.74) is 5.10. The average Bonchev–Trinajstić information content (AvgIpc) is 2.76. The number of rotatable bonds is 1. The molecular weight excluding hydrogens is 324 g/mol. The maximum atomic E-state index is 11.9. The Kier molecular flexibility index (Phi) is 4.05. The van der Waals surface area contributed by atoms with Crippen molar-refractivity contribution in [3.8, 4) is 0 Å². The van der Waals surface area contributed by atoms with Crippen LogP contribution >= 0.6 is 24.0 Å². The van der Waals surface area contributed by atoms with Gasteiger partial charge in [-0.15, -0.1) is 0 Å². The lowest BCUT2D eigenvalue weighted by Crippen LogP contribution is -2.45. The van der Waals surface area contributed by atoms with Crippen molar-refractivity contribution in [1.29, 1.82) is 0 Å². The Morgan fingerprint density at radius 1 is 1.43 bits per heavy atom. The molecule has 23 heavy (non-hydrogen) atoms. The fourth-order valence-electron chi connectivity index (χ4n) is 3.45. The predicted octanol–water partition coefficient (Wildman–Crippen LogP) is 4.21. The fourth-order valence-corrected chi connectivity index (χ4v) is 4.49. The molecular formula is C18H22N2OS2. The fraction of sp³-hybridized carbons (Fsp3) is 0.444. The standard InChI is InChI=1S/C18H22N2OS2/c1-10-6-14-13(11(2)9-18(3,4)20(14)5)7-12(10)8-15-16(21)19-17(22)23-15/h6-8,11H,9H2,1-5H3,(H,19,21,22)/b15-8+/t11-/m1/s1. The van der Waals surface area contributed by atoms with Crippen LogP contribution in [0.15, 0.2) is 17.0 Å². The summed E-state index contributed by atoms with van der Waals surface area (Å²) >= 11 is 6.40. The van der Waals surface area contributed by atoms with Crippen LogP contribution in [0.4, 0.5) is 5.69 Å².